The van der Waals surface area contributed by atoms with E-state index in [0.717, 1.165) is 108 Å². The molecular formula is C83H162O17P2. The van der Waals surface area contributed by atoms with Crippen LogP contribution in [-0.4, -0.2) is 96.7 Å². The Morgan fingerprint density at radius 2 is 0.500 bits per heavy atom. The van der Waals surface area contributed by atoms with Crippen LogP contribution >= 0.6 is 15.6 Å². The van der Waals surface area contributed by atoms with E-state index in [9.17, 15) is 43.2 Å². The number of carbonyl (C=O) groups is 4. The molecule has 0 aromatic carbocycles. The van der Waals surface area contributed by atoms with E-state index in [-0.39, 0.29) is 25.7 Å². The maximum Gasteiger partial charge on any atom is 0.472 e. The maximum atomic E-state index is 13.1. The molecule has 606 valence electrons. The molecule has 3 N–H and O–H groups in total. The summed E-state index contributed by atoms with van der Waals surface area (Å²) in [6.07, 6.45) is 62.4. The fraction of sp³-hybridized carbons (Fsp3) is 0.952. The second-order valence-electron chi connectivity index (χ2n) is 30.8. The molecule has 0 fully saturated rings. The van der Waals surface area contributed by atoms with Gasteiger partial charge in [-0.05, 0) is 43.4 Å². The molecule has 102 heavy (non-hydrogen) atoms. The quantitative estimate of drug-likeness (QED) is 0.0222. The molecule has 0 spiro atoms. The highest BCUT2D eigenvalue weighted by atomic mass is 31.2. The molecule has 0 saturated carbocycles. The van der Waals surface area contributed by atoms with Crippen LogP contribution < -0.4 is 0 Å². The minimum absolute atomic E-state index is 0.105. The number of hydrogen-bond donors (Lipinski definition) is 3. The van der Waals surface area contributed by atoms with Gasteiger partial charge in [-0.2, -0.15) is 0 Å². The molecule has 0 heterocycles. The fourth-order valence-corrected chi connectivity index (χ4v) is 14.4. The lowest BCUT2D eigenvalue weighted by molar-refractivity contribution is -0.161. The highest BCUT2D eigenvalue weighted by Crippen LogP contribution is 2.45. The minimum Gasteiger partial charge on any atom is -0.462 e. The smallest absolute Gasteiger partial charge is 0.462 e. The number of phosphoric acid groups is 2. The SMILES string of the molecule is CCCCCCCCCCCCCCCCCCCC(=O)OC[C@H](COP(=O)(O)OC[C@@H](O)COP(=O)(O)OC[C@@H](COC(=O)CCCCCCCCCCC(C)CC)OC(=O)CCCCCCCCCCC(C)CC)OC(=O)CCCCCCCCCCCCCCCCCCCCC(C)C. The normalized spacial score (nSPS) is 14.5. The van der Waals surface area contributed by atoms with Crippen LogP contribution in [0.2, 0.25) is 0 Å². The van der Waals surface area contributed by atoms with Crippen molar-refractivity contribution in [1.82, 2.24) is 0 Å². The van der Waals surface area contributed by atoms with Gasteiger partial charge in [0.15, 0.2) is 12.2 Å². The van der Waals surface area contributed by atoms with Crippen molar-refractivity contribution in [3.8, 4) is 0 Å². The Morgan fingerprint density at radius 3 is 0.745 bits per heavy atom. The van der Waals surface area contributed by atoms with E-state index < -0.39 is 97.5 Å². The lowest BCUT2D eigenvalue weighted by Gasteiger charge is -2.21. The van der Waals surface area contributed by atoms with Gasteiger partial charge in [0.2, 0.25) is 0 Å². The molecule has 0 amide bonds. The number of esters is 4. The lowest BCUT2D eigenvalue weighted by Crippen LogP contribution is -2.30. The summed E-state index contributed by atoms with van der Waals surface area (Å²) in [6, 6.07) is 0. The molecule has 4 unspecified atom stereocenters. The van der Waals surface area contributed by atoms with Crippen molar-refractivity contribution in [2.24, 2.45) is 17.8 Å². The van der Waals surface area contributed by atoms with E-state index in [1.54, 1.807) is 0 Å². The van der Waals surface area contributed by atoms with E-state index in [1.807, 2.05) is 0 Å². The third-order valence-corrected chi connectivity index (χ3v) is 22.0. The highest BCUT2D eigenvalue weighted by molar-refractivity contribution is 7.47. The van der Waals surface area contributed by atoms with E-state index in [1.165, 1.54) is 244 Å². The van der Waals surface area contributed by atoms with Crippen molar-refractivity contribution < 1.29 is 80.2 Å². The van der Waals surface area contributed by atoms with Crippen molar-refractivity contribution in [2.45, 2.75) is 452 Å². The van der Waals surface area contributed by atoms with Crippen LogP contribution in [0, 0.1) is 17.8 Å². The van der Waals surface area contributed by atoms with Crippen molar-refractivity contribution >= 4 is 39.5 Å². The summed E-state index contributed by atoms with van der Waals surface area (Å²) in [4.78, 5) is 73.1. The van der Waals surface area contributed by atoms with Crippen molar-refractivity contribution in [3.05, 3.63) is 0 Å². The van der Waals surface area contributed by atoms with Gasteiger partial charge in [0, 0.05) is 25.7 Å². The third-order valence-electron chi connectivity index (χ3n) is 20.1. The Morgan fingerprint density at radius 1 is 0.284 bits per heavy atom. The molecule has 0 aromatic heterocycles. The van der Waals surface area contributed by atoms with Crippen LogP contribution in [0.5, 0.6) is 0 Å². The van der Waals surface area contributed by atoms with Gasteiger partial charge in [-0.25, -0.2) is 9.13 Å². The van der Waals surface area contributed by atoms with Gasteiger partial charge in [-0.1, -0.05) is 382 Å². The van der Waals surface area contributed by atoms with Gasteiger partial charge in [0.25, 0.3) is 0 Å². The Bertz CT molecular complexity index is 1980. The summed E-state index contributed by atoms with van der Waals surface area (Å²) in [5, 5.41) is 10.7. The predicted octanol–water partition coefficient (Wildman–Crippen LogP) is 24.9. The van der Waals surface area contributed by atoms with Gasteiger partial charge in [0.1, 0.15) is 19.3 Å². The second-order valence-corrected chi connectivity index (χ2v) is 33.7. The number of phosphoric ester groups is 2. The number of aliphatic hydroxyl groups is 1. The van der Waals surface area contributed by atoms with Gasteiger partial charge in [0.05, 0.1) is 26.4 Å². The van der Waals surface area contributed by atoms with Crippen LogP contribution in [0.25, 0.3) is 0 Å². The van der Waals surface area contributed by atoms with Crippen molar-refractivity contribution in [3.63, 3.8) is 0 Å². The average molecular weight is 1490 g/mol. The van der Waals surface area contributed by atoms with Gasteiger partial charge >= 0.3 is 39.5 Å². The third kappa shape index (κ3) is 73.6. The van der Waals surface area contributed by atoms with Gasteiger partial charge in [-0.3, -0.25) is 37.3 Å². The van der Waals surface area contributed by atoms with E-state index >= 15 is 0 Å². The highest BCUT2D eigenvalue weighted by Gasteiger charge is 2.30. The number of ether oxygens (including phenoxy) is 4. The molecule has 19 heteroatoms. The molecule has 0 radical (unpaired) electrons. The monoisotopic (exact) mass is 1490 g/mol. The predicted molar refractivity (Wildman–Crippen MR) is 418 cm³/mol. The standard InChI is InChI=1S/C83H162O17P2/c1-8-11-12-13-14-15-16-17-18-21-25-28-31-34-43-50-57-64-80(85)93-70-78(99-82(87)66-59-52-45-35-32-29-26-23-20-19-22-24-27-30-33-40-47-54-61-74(4)5)72-97-101(89,90)95-68-77(84)69-96-102(91,92)98-73-79(100-83(88)67-60-53-46-39-37-42-49-56-63-76(7)10-3)71-94-81(86)65-58-51-44-38-36-41-48-55-62-75(6)9-2/h74-79,84H,8-73H2,1-7H3,(H,89,90)(H,91,92)/t75?,76?,77-,78-,79-/m1/s1. The summed E-state index contributed by atoms with van der Waals surface area (Å²) in [5.74, 6) is 0.257. The molecule has 7 atom stereocenters. The molecule has 17 nitrogen and oxygen atoms in total. The van der Waals surface area contributed by atoms with E-state index in [2.05, 4.69) is 48.5 Å². The first-order valence-electron chi connectivity index (χ1n) is 42.9. The Hall–Kier alpha value is -1.94. The summed E-state index contributed by atoms with van der Waals surface area (Å²) < 4.78 is 68.8. The van der Waals surface area contributed by atoms with Crippen LogP contribution in [0.15, 0.2) is 0 Å². The van der Waals surface area contributed by atoms with E-state index in [4.69, 9.17) is 37.0 Å². The summed E-state index contributed by atoms with van der Waals surface area (Å²) in [7, 11) is -9.92. The zero-order valence-corrected chi connectivity index (χ0v) is 68.9. The molecule has 0 aromatic rings. The van der Waals surface area contributed by atoms with Gasteiger partial charge < -0.3 is 33.8 Å². The first-order chi connectivity index (χ1) is 49.3. The van der Waals surface area contributed by atoms with E-state index in [0.29, 0.717) is 25.7 Å². The number of unbranched alkanes of at least 4 members (excludes halogenated alkanes) is 47. The summed E-state index contributed by atoms with van der Waals surface area (Å²) in [6.45, 7) is 12.0. The Balaban J connectivity index is 5.24. The lowest BCUT2D eigenvalue weighted by atomic mass is 9.99. The van der Waals surface area contributed by atoms with Crippen LogP contribution in [0.3, 0.4) is 0 Å². The Labute approximate surface area is 626 Å². The number of aliphatic hydroxyl groups excluding tert-OH is 1. The van der Waals surface area contributed by atoms with Crippen LogP contribution in [-0.2, 0) is 65.4 Å². The first kappa shape index (κ1) is 100. The fourth-order valence-electron chi connectivity index (χ4n) is 12.8. The van der Waals surface area contributed by atoms with Crippen LogP contribution in [0.1, 0.15) is 434 Å². The minimum atomic E-state index is -4.96. The molecule has 0 aliphatic rings. The summed E-state index contributed by atoms with van der Waals surface area (Å²) >= 11 is 0. The molecule has 0 aliphatic heterocycles. The first-order valence-corrected chi connectivity index (χ1v) is 45.9. The van der Waals surface area contributed by atoms with Crippen LogP contribution in [0.4, 0.5) is 0 Å². The molecular weight excluding hydrogens is 1330 g/mol. The maximum absolute atomic E-state index is 13.1. The largest absolute Gasteiger partial charge is 0.472 e. The number of carbonyl (C=O) groups excluding carboxylic acids is 4. The molecule has 0 saturated heterocycles. The topological polar surface area (TPSA) is 237 Å². The van der Waals surface area contributed by atoms with Crippen molar-refractivity contribution in [2.75, 3.05) is 39.6 Å². The summed E-state index contributed by atoms with van der Waals surface area (Å²) in [5.41, 5.74) is 0. The van der Waals surface area contributed by atoms with Gasteiger partial charge in [-0.15, -0.1) is 0 Å². The zero-order chi connectivity index (χ0) is 75.1. The molecule has 0 rings (SSSR count). The number of hydrogen-bond acceptors (Lipinski definition) is 15. The number of rotatable bonds is 81. The zero-order valence-electron chi connectivity index (χ0n) is 67.1. The molecule has 0 aliphatic carbocycles. The second kappa shape index (κ2) is 73.2. The Kier molecular flexibility index (Phi) is 71.8. The average Bonchev–Trinajstić information content (AvgIpc) is 0.914. The molecule has 0 bridgehead atoms. The van der Waals surface area contributed by atoms with Crippen molar-refractivity contribution in [1.29, 1.82) is 0 Å².